The Bertz CT molecular complexity index is 1030. The van der Waals surface area contributed by atoms with E-state index >= 15 is 0 Å². The predicted octanol–water partition coefficient (Wildman–Crippen LogP) is 7.12. The minimum atomic E-state index is -0.818. The molecule has 0 saturated heterocycles. The molecule has 0 radical (unpaired) electrons. The Morgan fingerprint density at radius 2 is 2.00 bits per heavy atom. The molecule has 1 aliphatic rings. The molecular weight excluding hydrogens is 478 g/mol. The number of alkyl carbamates (subject to hydrolysis) is 1. The van der Waals surface area contributed by atoms with Crippen LogP contribution in [-0.4, -0.2) is 24.1 Å². The minimum Gasteiger partial charge on any atom is -0.507 e. The molecular formula is C28H41NO6S. The summed E-state index contributed by atoms with van der Waals surface area (Å²) in [5, 5.41) is 12.3. The van der Waals surface area contributed by atoms with Crippen molar-refractivity contribution in [2.45, 2.75) is 85.5 Å². The van der Waals surface area contributed by atoms with Crippen LogP contribution in [0.5, 0.6) is 5.75 Å². The number of nitrogens with one attached hydrogen (secondary N) is 1. The summed E-state index contributed by atoms with van der Waals surface area (Å²) in [6.07, 6.45) is 9.74. The van der Waals surface area contributed by atoms with E-state index in [1.165, 1.54) is 49.9 Å². The van der Waals surface area contributed by atoms with Gasteiger partial charge in [0, 0.05) is 34.4 Å². The largest absolute Gasteiger partial charge is 0.507 e. The van der Waals surface area contributed by atoms with Crippen LogP contribution >= 0.6 is 11.3 Å². The van der Waals surface area contributed by atoms with Crippen molar-refractivity contribution >= 4 is 23.2 Å². The van der Waals surface area contributed by atoms with E-state index in [4.69, 9.17) is 4.42 Å². The summed E-state index contributed by atoms with van der Waals surface area (Å²) in [5.41, 5.74) is -1.12. The number of allylic oxidation sites excluding steroid dienone is 1. The topological polar surface area (TPSA) is 106 Å². The molecule has 0 spiro atoms. The highest BCUT2D eigenvalue weighted by molar-refractivity contribution is 7.11. The summed E-state index contributed by atoms with van der Waals surface area (Å²) >= 11 is 1.96. The second-order valence-corrected chi connectivity index (χ2v) is 9.86. The van der Waals surface area contributed by atoms with E-state index in [0.717, 1.165) is 5.92 Å². The van der Waals surface area contributed by atoms with Gasteiger partial charge in [0.25, 0.3) is 0 Å². The maximum atomic E-state index is 11.8. The van der Waals surface area contributed by atoms with E-state index in [-0.39, 0.29) is 23.7 Å². The number of ketones is 1. The lowest BCUT2D eigenvalue weighted by Gasteiger charge is -2.10. The molecule has 1 fully saturated rings. The maximum Gasteiger partial charge on any atom is 0.410 e. The lowest BCUT2D eigenvalue weighted by molar-refractivity contribution is 0.0980. The number of amides is 1. The quantitative estimate of drug-likeness (QED) is 0.324. The monoisotopic (exact) mass is 519 g/mol. The number of ether oxygens (including phenoxy) is 1. The fourth-order valence-electron chi connectivity index (χ4n) is 3.31. The molecule has 200 valence electrons. The highest BCUT2D eigenvalue weighted by Gasteiger charge is 2.21. The first-order chi connectivity index (χ1) is 17.2. The lowest BCUT2D eigenvalue weighted by Crippen LogP contribution is -2.16. The van der Waals surface area contributed by atoms with E-state index < -0.39 is 17.5 Å². The van der Waals surface area contributed by atoms with Gasteiger partial charge in [0.15, 0.2) is 5.78 Å². The third-order valence-electron chi connectivity index (χ3n) is 5.60. The van der Waals surface area contributed by atoms with Crippen molar-refractivity contribution in [3.8, 4) is 5.75 Å². The molecule has 7 nitrogen and oxygen atoms in total. The predicted molar refractivity (Wildman–Crippen MR) is 145 cm³/mol. The number of aromatic hydroxyl groups is 1. The Hall–Kier alpha value is -2.87. The van der Waals surface area contributed by atoms with Crippen molar-refractivity contribution in [2.24, 2.45) is 5.92 Å². The Labute approximate surface area is 218 Å². The van der Waals surface area contributed by atoms with Gasteiger partial charge < -0.3 is 14.3 Å². The molecule has 1 unspecified atom stereocenters. The summed E-state index contributed by atoms with van der Waals surface area (Å²) < 4.78 is 9.54. The third-order valence-corrected chi connectivity index (χ3v) is 6.66. The SMILES string of the molecule is CC.CCC(=O)c1c(O)cc(C(C)CC/C=C/NC(=O)OC)oc1=O.Cc1ccc(CCC2CC2)s1. The summed E-state index contributed by atoms with van der Waals surface area (Å²) in [5.74, 6) is 0.458. The lowest BCUT2D eigenvalue weighted by atomic mass is 10.0. The van der Waals surface area contributed by atoms with Crippen LogP contribution < -0.4 is 10.9 Å². The van der Waals surface area contributed by atoms with Crippen LogP contribution in [0.15, 0.2) is 39.7 Å². The molecule has 8 heteroatoms. The Kier molecular flexibility index (Phi) is 14.5. The Balaban J connectivity index is 0.000000410. The van der Waals surface area contributed by atoms with Gasteiger partial charge in [-0.25, -0.2) is 9.59 Å². The Morgan fingerprint density at radius 3 is 2.53 bits per heavy atom. The summed E-state index contributed by atoms with van der Waals surface area (Å²) in [6, 6.07) is 5.82. The average Bonchev–Trinajstić information content (AvgIpc) is 3.62. The molecule has 0 aliphatic heterocycles. The van der Waals surface area contributed by atoms with Gasteiger partial charge in [-0.05, 0) is 50.7 Å². The number of hydrogen-bond acceptors (Lipinski definition) is 7. The number of methoxy groups -OCH3 is 1. The van der Waals surface area contributed by atoms with Crippen molar-refractivity contribution in [3.63, 3.8) is 0 Å². The highest BCUT2D eigenvalue weighted by Crippen LogP contribution is 2.34. The first kappa shape index (κ1) is 31.2. The second kappa shape index (κ2) is 16.7. The van der Waals surface area contributed by atoms with E-state index in [1.807, 2.05) is 32.1 Å². The Morgan fingerprint density at radius 1 is 1.31 bits per heavy atom. The van der Waals surface area contributed by atoms with Crippen LogP contribution in [-0.2, 0) is 11.2 Å². The molecule has 1 amide bonds. The fourth-order valence-corrected chi connectivity index (χ4v) is 4.21. The molecule has 1 atom stereocenters. The van der Waals surface area contributed by atoms with Gasteiger partial charge in [-0.1, -0.05) is 46.6 Å². The number of aryl methyl sites for hydroxylation is 2. The molecule has 0 bridgehead atoms. The van der Waals surface area contributed by atoms with Gasteiger partial charge in [-0.2, -0.15) is 0 Å². The van der Waals surface area contributed by atoms with Crippen LogP contribution in [0.25, 0.3) is 0 Å². The second-order valence-electron chi connectivity index (χ2n) is 8.48. The van der Waals surface area contributed by atoms with Gasteiger partial charge in [0.1, 0.15) is 17.1 Å². The first-order valence-corrected chi connectivity index (χ1v) is 13.5. The number of rotatable bonds is 10. The zero-order chi connectivity index (χ0) is 27.1. The molecule has 0 aromatic carbocycles. The van der Waals surface area contributed by atoms with E-state index in [9.17, 15) is 19.5 Å². The average molecular weight is 520 g/mol. The first-order valence-electron chi connectivity index (χ1n) is 12.7. The van der Waals surface area contributed by atoms with Crippen molar-refractivity contribution < 1.29 is 23.8 Å². The number of thiophene rings is 1. The van der Waals surface area contributed by atoms with Crippen LogP contribution in [0.1, 0.15) is 98.0 Å². The molecule has 36 heavy (non-hydrogen) atoms. The van der Waals surface area contributed by atoms with Crippen LogP contribution in [0.2, 0.25) is 0 Å². The van der Waals surface area contributed by atoms with E-state index in [0.29, 0.717) is 18.6 Å². The summed E-state index contributed by atoms with van der Waals surface area (Å²) in [6.45, 7) is 9.62. The highest BCUT2D eigenvalue weighted by atomic mass is 32.1. The van der Waals surface area contributed by atoms with E-state index in [2.05, 4.69) is 29.1 Å². The fraction of sp³-hybridized carbons (Fsp3) is 0.536. The van der Waals surface area contributed by atoms with Crippen molar-refractivity contribution in [2.75, 3.05) is 7.11 Å². The molecule has 1 aliphatic carbocycles. The number of Topliss-reactive ketones (excluding diaryl/α,β-unsaturated/α-hetero) is 1. The van der Waals surface area contributed by atoms with Gasteiger partial charge in [0.05, 0.1) is 7.11 Å². The molecule has 2 N–H and O–H groups in total. The normalized spacial score (nSPS) is 13.2. The molecule has 2 aromatic rings. The van der Waals surface area contributed by atoms with Gasteiger partial charge in [0.2, 0.25) is 0 Å². The van der Waals surface area contributed by atoms with Gasteiger partial charge in [-0.3, -0.25) is 10.1 Å². The van der Waals surface area contributed by atoms with Gasteiger partial charge >= 0.3 is 11.7 Å². The van der Waals surface area contributed by atoms with Crippen LogP contribution in [0, 0.1) is 12.8 Å². The molecule has 1 saturated carbocycles. The summed E-state index contributed by atoms with van der Waals surface area (Å²) in [4.78, 5) is 37.3. The molecule has 2 aromatic heterocycles. The number of hydrogen-bond donors (Lipinski definition) is 2. The zero-order valence-electron chi connectivity index (χ0n) is 22.4. The van der Waals surface area contributed by atoms with Crippen molar-refractivity contribution in [1.29, 1.82) is 0 Å². The standard InChI is InChI=1S/C16H21NO6.C10H14S.C2H6/c1-4-11(18)14-12(19)9-13(23-15(14)20)10(2)7-5-6-8-17-16(21)22-3;1-8-2-6-10(11-8)7-5-9-3-4-9;1-2/h6,8-10,19H,4-5,7H2,1-3H3,(H,17,21);2,6,9H,3-5,7H2,1H3;1-2H3/b8-6+;;. The molecule has 3 rings (SSSR count). The summed E-state index contributed by atoms with van der Waals surface area (Å²) in [7, 11) is 1.27. The van der Waals surface area contributed by atoms with Crippen molar-refractivity contribution in [1.82, 2.24) is 5.32 Å². The molecule has 2 heterocycles. The van der Waals surface area contributed by atoms with Crippen LogP contribution in [0.4, 0.5) is 4.79 Å². The number of carbonyl (C=O) groups is 2. The smallest absolute Gasteiger partial charge is 0.410 e. The minimum absolute atomic E-state index is 0.116. The zero-order valence-corrected chi connectivity index (χ0v) is 23.2. The third kappa shape index (κ3) is 11.2. The van der Waals surface area contributed by atoms with Crippen LogP contribution in [0.3, 0.4) is 0 Å². The van der Waals surface area contributed by atoms with Crippen molar-refractivity contribution in [3.05, 3.63) is 62.0 Å². The van der Waals surface area contributed by atoms with E-state index in [1.54, 1.807) is 17.9 Å². The maximum absolute atomic E-state index is 11.8. The van der Waals surface area contributed by atoms with Gasteiger partial charge in [-0.15, -0.1) is 11.3 Å². The number of carbonyl (C=O) groups excluding carboxylic acids is 2.